The highest BCUT2D eigenvalue weighted by Gasteiger charge is 2.24. The molecule has 0 aliphatic heterocycles. The van der Waals surface area contributed by atoms with Crippen molar-refractivity contribution in [3.63, 3.8) is 0 Å². The molecule has 0 unspecified atom stereocenters. The Morgan fingerprint density at radius 2 is 1.72 bits per heavy atom. The summed E-state index contributed by atoms with van der Waals surface area (Å²) < 4.78 is 27.4. The van der Waals surface area contributed by atoms with Crippen LogP contribution in [0.2, 0.25) is 0 Å². The van der Waals surface area contributed by atoms with Crippen molar-refractivity contribution in [3.05, 3.63) is 59.9 Å². The third-order valence-electron chi connectivity index (χ3n) is 4.85. The second kappa shape index (κ2) is 8.11. The molecule has 0 radical (unpaired) electrons. The van der Waals surface area contributed by atoms with Crippen molar-refractivity contribution in [2.45, 2.75) is 50.8 Å². The first-order valence-corrected chi connectivity index (χ1v) is 10.3. The molecule has 25 heavy (non-hydrogen) atoms. The number of aromatic nitrogens is 1. The van der Waals surface area contributed by atoms with Gasteiger partial charge in [-0.3, -0.25) is 4.98 Å². The van der Waals surface area contributed by atoms with Gasteiger partial charge in [-0.25, -0.2) is 8.42 Å². The van der Waals surface area contributed by atoms with Crippen LogP contribution in [0.3, 0.4) is 0 Å². The molecule has 0 aliphatic carbocycles. The van der Waals surface area contributed by atoms with Gasteiger partial charge in [0.05, 0.1) is 4.90 Å². The molecule has 0 bridgehead atoms. The van der Waals surface area contributed by atoms with Crippen molar-refractivity contribution in [2.24, 2.45) is 0 Å². The van der Waals surface area contributed by atoms with Crippen LogP contribution in [-0.4, -0.2) is 30.8 Å². The first-order chi connectivity index (χ1) is 11.8. The molecule has 0 N–H and O–H groups in total. The molecule has 1 aromatic heterocycles. The first-order valence-electron chi connectivity index (χ1n) is 8.82. The zero-order chi connectivity index (χ0) is 18.5. The van der Waals surface area contributed by atoms with E-state index in [1.165, 1.54) is 4.31 Å². The van der Waals surface area contributed by atoms with Crippen molar-refractivity contribution in [3.8, 4) is 0 Å². The highest BCUT2D eigenvalue weighted by molar-refractivity contribution is 7.89. The van der Waals surface area contributed by atoms with Crippen LogP contribution in [0.5, 0.6) is 0 Å². The predicted molar refractivity (Wildman–Crippen MR) is 102 cm³/mol. The van der Waals surface area contributed by atoms with E-state index in [1.807, 2.05) is 37.3 Å². The van der Waals surface area contributed by atoms with Gasteiger partial charge in [0.2, 0.25) is 10.0 Å². The Labute approximate surface area is 152 Å². The van der Waals surface area contributed by atoms with E-state index in [4.69, 9.17) is 0 Å². The number of nitrogens with zero attached hydrogens (tertiary/aromatic N) is 2. The summed E-state index contributed by atoms with van der Waals surface area (Å²) in [7, 11) is -3.48. The molecule has 0 atom stereocenters. The summed E-state index contributed by atoms with van der Waals surface area (Å²) in [5.74, 6) is 0. The topological polar surface area (TPSA) is 50.3 Å². The maximum absolute atomic E-state index is 12.9. The molecule has 0 saturated carbocycles. The van der Waals surface area contributed by atoms with Gasteiger partial charge < -0.3 is 0 Å². The molecule has 2 rings (SSSR count). The van der Waals surface area contributed by atoms with Gasteiger partial charge in [-0.05, 0) is 41.7 Å². The number of sulfonamides is 1. The fraction of sp³-hybridized carbons (Fsp3) is 0.450. The zero-order valence-electron chi connectivity index (χ0n) is 15.6. The summed E-state index contributed by atoms with van der Waals surface area (Å²) >= 11 is 0. The van der Waals surface area contributed by atoms with Gasteiger partial charge in [-0.15, -0.1) is 0 Å². The van der Waals surface area contributed by atoms with Crippen LogP contribution in [0.4, 0.5) is 0 Å². The van der Waals surface area contributed by atoms with Crippen LogP contribution in [0.1, 0.15) is 45.4 Å². The molecule has 5 heteroatoms. The predicted octanol–water partition coefficient (Wildman–Crippen LogP) is 4.02. The summed E-state index contributed by atoms with van der Waals surface area (Å²) in [6.07, 6.45) is 3.34. The monoisotopic (exact) mass is 360 g/mol. The molecule has 1 aromatic carbocycles. The number of hydrogen-bond acceptors (Lipinski definition) is 3. The minimum Gasteiger partial charge on any atom is -0.261 e. The molecule has 0 spiro atoms. The lowest BCUT2D eigenvalue weighted by Crippen LogP contribution is -2.33. The Kier molecular flexibility index (Phi) is 6.36. The molecule has 0 amide bonds. The van der Waals surface area contributed by atoms with Crippen molar-refractivity contribution >= 4 is 10.0 Å². The van der Waals surface area contributed by atoms with E-state index in [0.29, 0.717) is 24.4 Å². The average molecular weight is 361 g/mol. The van der Waals surface area contributed by atoms with E-state index in [9.17, 15) is 8.42 Å². The molecule has 0 aliphatic rings. The molecular formula is C20H28N2O2S. The molecule has 4 nitrogen and oxygen atoms in total. The fourth-order valence-electron chi connectivity index (χ4n) is 2.66. The number of likely N-dealkylation sites (N-methyl/N-ethyl adjacent to an activating group) is 1. The average Bonchev–Trinajstić information content (AvgIpc) is 2.63. The standard InChI is InChI=1S/C20H28N2O2S/c1-5-20(3,4)17-10-12-19(13-11-17)25(23,24)22(6-2)16-14-18-9-7-8-15-21-18/h7-13,15H,5-6,14,16H2,1-4H3. The third-order valence-corrected chi connectivity index (χ3v) is 6.84. The largest absolute Gasteiger partial charge is 0.261 e. The molecule has 136 valence electrons. The van der Waals surface area contributed by atoms with Gasteiger partial charge in [0.15, 0.2) is 0 Å². The summed E-state index contributed by atoms with van der Waals surface area (Å²) in [5, 5.41) is 0. The van der Waals surface area contributed by atoms with E-state index < -0.39 is 10.0 Å². The normalized spacial score (nSPS) is 12.5. The van der Waals surface area contributed by atoms with E-state index in [-0.39, 0.29) is 5.41 Å². The number of hydrogen-bond donors (Lipinski definition) is 0. The number of rotatable bonds is 8. The third kappa shape index (κ3) is 4.67. The Morgan fingerprint density at radius 3 is 2.24 bits per heavy atom. The summed E-state index contributed by atoms with van der Waals surface area (Å²) in [6.45, 7) is 9.21. The SMILES string of the molecule is CCN(CCc1ccccn1)S(=O)(=O)c1ccc(C(C)(C)CC)cc1. The highest BCUT2D eigenvalue weighted by atomic mass is 32.2. The van der Waals surface area contributed by atoms with Crippen LogP contribution < -0.4 is 0 Å². The lowest BCUT2D eigenvalue weighted by molar-refractivity contribution is 0.429. The van der Waals surface area contributed by atoms with E-state index in [1.54, 1.807) is 18.3 Å². The van der Waals surface area contributed by atoms with Crippen molar-refractivity contribution in [1.29, 1.82) is 0 Å². The molecule has 2 aromatic rings. The molecule has 0 fully saturated rings. The van der Waals surface area contributed by atoms with Crippen LogP contribution in [-0.2, 0) is 21.9 Å². The Balaban J connectivity index is 2.17. The van der Waals surface area contributed by atoms with Gasteiger partial charge in [-0.1, -0.05) is 45.9 Å². The molecule has 0 saturated heterocycles. The Morgan fingerprint density at radius 1 is 1.04 bits per heavy atom. The minimum atomic E-state index is -3.48. The number of benzene rings is 1. The van der Waals surface area contributed by atoms with Crippen LogP contribution in [0.25, 0.3) is 0 Å². The van der Waals surface area contributed by atoms with Crippen LogP contribution in [0.15, 0.2) is 53.6 Å². The zero-order valence-corrected chi connectivity index (χ0v) is 16.4. The van der Waals surface area contributed by atoms with Gasteiger partial charge in [0.1, 0.15) is 0 Å². The smallest absolute Gasteiger partial charge is 0.243 e. The van der Waals surface area contributed by atoms with E-state index >= 15 is 0 Å². The van der Waals surface area contributed by atoms with E-state index in [2.05, 4.69) is 25.8 Å². The second-order valence-corrected chi connectivity index (χ2v) is 8.77. The maximum atomic E-state index is 12.9. The van der Waals surface area contributed by atoms with Gasteiger partial charge in [0, 0.05) is 31.4 Å². The maximum Gasteiger partial charge on any atom is 0.243 e. The summed E-state index contributed by atoms with van der Waals surface area (Å²) in [6, 6.07) is 13.0. The minimum absolute atomic E-state index is 0.0473. The van der Waals surface area contributed by atoms with E-state index in [0.717, 1.165) is 17.7 Å². The lowest BCUT2D eigenvalue weighted by Gasteiger charge is -2.24. The first kappa shape index (κ1) is 19.6. The van der Waals surface area contributed by atoms with Crippen molar-refractivity contribution in [1.82, 2.24) is 9.29 Å². The number of pyridine rings is 1. The van der Waals surface area contributed by atoms with Crippen molar-refractivity contribution < 1.29 is 8.42 Å². The fourth-order valence-corrected chi connectivity index (χ4v) is 4.11. The van der Waals surface area contributed by atoms with Crippen LogP contribution in [0, 0.1) is 0 Å². The summed E-state index contributed by atoms with van der Waals surface area (Å²) in [5.41, 5.74) is 2.10. The second-order valence-electron chi connectivity index (χ2n) is 6.83. The Bertz CT molecular complexity index is 769. The van der Waals surface area contributed by atoms with Gasteiger partial charge in [0.25, 0.3) is 0 Å². The molecule has 1 heterocycles. The van der Waals surface area contributed by atoms with Gasteiger partial charge >= 0.3 is 0 Å². The van der Waals surface area contributed by atoms with Gasteiger partial charge in [-0.2, -0.15) is 4.31 Å². The molecular weight excluding hydrogens is 332 g/mol. The van der Waals surface area contributed by atoms with Crippen LogP contribution >= 0.6 is 0 Å². The highest BCUT2D eigenvalue weighted by Crippen LogP contribution is 2.28. The lowest BCUT2D eigenvalue weighted by atomic mass is 9.82. The van der Waals surface area contributed by atoms with Crippen molar-refractivity contribution in [2.75, 3.05) is 13.1 Å². The quantitative estimate of drug-likeness (QED) is 0.714. The summed E-state index contributed by atoms with van der Waals surface area (Å²) in [4.78, 5) is 4.62. The Hall–Kier alpha value is -1.72.